The number of aromatic nitrogens is 1. The number of halogens is 3. The van der Waals surface area contributed by atoms with E-state index < -0.39 is 11.7 Å². The van der Waals surface area contributed by atoms with Crippen molar-refractivity contribution in [3.8, 4) is 0 Å². The van der Waals surface area contributed by atoms with Crippen LogP contribution < -0.4 is 10.6 Å². The first-order valence-corrected chi connectivity index (χ1v) is 6.56. The summed E-state index contributed by atoms with van der Waals surface area (Å²) >= 11 is 0. The van der Waals surface area contributed by atoms with Crippen molar-refractivity contribution in [3.63, 3.8) is 0 Å². The lowest BCUT2D eigenvalue weighted by molar-refractivity contribution is -0.137. The Kier molecular flexibility index (Phi) is 4.17. The number of pyridine rings is 1. The normalized spacial score (nSPS) is 16.0. The van der Waals surface area contributed by atoms with Gasteiger partial charge in [0.05, 0.1) is 5.56 Å². The van der Waals surface area contributed by atoms with E-state index in [-0.39, 0.29) is 11.6 Å². The van der Waals surface area contributed by atoms with Crippen LogP contribution in [0.5, 0.6) is 0 Å². The molecule has 0 radical (unpaired) electrons. The summed E-state index contributed by atoms with van der Waals surface area (Å²) in [7, 11) is 0. The van der Waals surface area contributed by atoms with Gasteiger partial charge in [0.1, 0.15) is 11.6 Å². The Labute approximate surface area is 110 Å². The first kappa shape index (κ1) is 14.0. The maximum absolute atomic E-state index is 12.8. The number of anilines is 2. The van der Waals surface area contributed by atoms with Crippen LogP contribution in [0.3, 0.4) is 0 Å². The van der Waals surface area contributed by atoms with Gasteiger partial charge in [-0.15, -0.1) is 0 Å². The lowest BCUT2D eigenvalue weighted by Gasteiger charge is -2.25. The third kappa shape index (κ3) is 3.75. The molecular weight excluding hydrogens is 255 g/mol. The Balaban J connectivity index is 2.13. The van der Waals surface area contributed by atoms with Crippen LogP contribution >= 0.6 is 0 Å². The topological polar surface area (TPSA) is 37.0 Å². The molecule has 0 bridgehead atoms. The van der Waals surface area contributed by atoms with Crippen LogP contribution in [0.25, 0.3) is 0 Å². The van der Waals surface area contributed by atoms with E-state index in [9.17, 15) is 13.2 Å². The summed E-state index contributed by atoms with van der Waals surface area (Å²) in [5, 5.41) is 5.83. The minimum atomic E-state index is -4.35. The second-order valence-electron chi connectivity index (χ2n) is 4.83. The van der Waals surface area contributed by atoms with Crippen molar-refractivity contribution in [3.05, 3.63) is 17.7 Å². The summed E-state index contributed by atoms with van der Waals surface area (Å²) in [4.78, 5) is 4.14. The molecule has 1 aliphatic rings. The molecule has 2 rings (SSSR count). The minimum absolute atomic E-state index is 0.258. The fraction of sp³-hybridized carbons (Fsp3) is 0.615. The van der Waals surface area contributed by atoms with Gasteiger partial charge in [-0.2, -0.15) is 13.2 Å². The van der Waals surface area contributed by atoms with Gasteiger partial charge in [-0.05, 0) is 37.8 Å². The van der Waals surface area contributed by atoms with Crippen molar-refractivity contribution in [1.82, 2.24) is 4.98 Å². The van der Waals surface area contributed by atoms with Crippen LogP contribution in [-0.4, -0.2) is 18.1 Å². The summed E-state index contributed by atoms with van der Waals surface area (Å²) in [5.41, 5.74) is -0.672. The van der Waals surface area contributed by atoms with Crippen molar-refractivity contribution >= 4 is 11.6 Å². The molecule has 0 amide bonds. The van der Waals surface area contributed by atoms with Gasteiger partial charge in [0.2, 0.25) is 0 Å². The van der Waals surface area contributed by atoms with E-state index in [1.165, 1.54) is 6.42 Å². The smallest absolute Gasteiger partial charge is 0.370 e. The molecule has 1 aliphatic carbocycles. The Morgan fingerprint density at radius 3 is 2.32 bits per heavy atom. The second kappa shape index (κ2) is 5.67. The van der Waals surface area contributed by atoms with E-state index in [1.807, 2.05) is 6.92 Å². The Bertz CT molecular complexity index is 428. The maximum Gasteiger partial charge on any atom is 0.416 e. The van der Waals surface area contributed by atoms with E-state index in [2.05, 4.69) is 15.6 Å². The summed E-state index contributed by atoms with van der Waals surface area (Å²) in [6, 6.07) is 2.11. The van der Waals surface area contributed by atoms with Crippen LogP contribution in [-0.2, 0) is 6.18 Å². The van der Waals surface area contributed by atoms with Gasteiger partial charge >= 0.3 is 6.18 Å². The third-order valence-corrected chi connectivity index (χ3v) is 3.31. The van der Waals surface area contributed by atoms with Crippen molar-refractivity contribution in [1.29, 1.82) is 0 Å². The fourth-order valence-corrected chi connectivity index (χ4v) is 2.00. The van der Waals surface area contributed by atoms with Crippen LogP contribution in [0.2, 0.25) is 0 Å². The molecule has 1 aromatic heterocycles. The maximum atomic E-state index is 12.8. The van der Waals surface area contributed by atoms with Crippen molar-refractivity contribution in [2.75, 3.05) is 23.7 Å². The molecule has 0 unspecified atom stereocenters. The molecule has 106 valence electrons. The molecule has 1 fully saturated rings. The third-order valence-electron chi connectivity index (χ3n) is 3.31. The second-order valence-corrected chi connectivity index (χ2v) is 4.83. The number of nitrogens with zero attached hydrogens (tertiary/aromatic N) is 1. The zero-order chi connectivity index (χ0) is 13.9. The average molecular weight is 273 g/mol. The predicted molar refractivity (Wildman–Crippen MR) is 69.2 cm³/mol. The molecule has 19 heavy (non-hydrogen) atoms. The molecule has 1 heterocycles. The summed E-state index contributed by atoms with van der Waals surface area (Å²) in [6.07, 6.45) is -0.844. The van der Waals surface area contributed by atoms with Crippen LogP contribution in [0, 0.1) is 5.92 Å². The predicted octanol–water partition coefficient (Wildman–Crippen LogP) is 3.74. The number of hydrogen-bond donors (Lipinski definition) is 2. The van der Waals surface area contributed by atoms with Crippen LogP contribution in [0.4, 0.5) is 24.8 Å². The summed E-state index contributed by atoms with van der Waals surface area (Å²) in [5.74, 6) is 1.12. The average Bonchev–Trinajstić information content (AvgIpc) is 2.26. The molecule has 1 saturated carbocycles. The van der Waals surface area contributed by atoms with E-state index in [0.717, 1.165) is 25.0 Å². The van der Waals surface area contributed by atoms with Gasteiger partial charge in [0, 0.05) is 13.1 Å². The lowest BCUT2D eigenvalue weighted by Crippen LogP contribution is -2.21. The SMILES string of the molecule is CCNc1cc(C(F)(F)F)cc(NCC2CCC2)n1. The first-order valence-electron chi connectivity index (χ1n) is 6.56. The van der Waals surface area contributed by atoms with E-state index in [4.69, 9.17) is 0 Å². The van der Waals surface area contributed by atoms with Crippen LogP contribution in [0.15, 0.2) is 12.1 Å². The molecule has 2 N–H and O–H groups in total. The van der Waals surface area contributed by atoms with Gasteiger partial charge in [0.25, 0.3) is 0 Å². The summed E-state index contributed by atoms with van der Waals surface area (Å²) in [6.45, 7) is 3.06. The van der Waals surface area contributed by atoms with E-state index >= 15 is 0 Å². The zero-order valence-corrected chi connectivity index (χ0v) is 10.8. The van der Waals surface area contributed by atoms with Crippen molar-refractivity contribution in [2.24, 2.45) is 5.92 Å². The van der Waals surface area contributed by atoms with Gasteiger partial charge in [-0.25, -0.2) is 4.98 Å². The Morgan fingerprint density at radius 2 is 1.84 bits per heavy atom. The molecule has 3 nitrogen and oxygen atoms in total. The number of nitrogens with one attached hydrogen (secondary N) is 2. The quantitative estimate of drug-likeness (QED) is 0.858. The number of alkyl halides is 3. The molecular formula is C13H18F3N3. The minimum Gasteiger partial charge on any atom is -0.370 e. The van der Waals surface area contributed by atoms with Crippen molar-refractivity contribution < 1.29 is 13.2 Å². The Hall–Kier alpha value is -1.46. The molecule has 0 aliphatic heterocycles. The van der Waals surface area contributed by atoms with Gasteiger partial charge < -0.3 is 10.6 Å². The van der Waals surface area contributed by atoms with Gasteiger partial charge in [0.15, 0.2) is 0 Å². The van der Waals surface area contributed by atoms with Crippen molar-refractivity contribution in [2.45, 2.75) is 32.4 Å². The molecule has 0 spiro atoms. The molecule has 0 aromatic carbocycles. The fourth-order valence-electron chi connectivity index (χ4n) is 2.00. The van der Waals surface area contributed by atoms with E-state index in [0.29, 0.717) is 19.0 Å². The lowest BCUT2D eigenvalue weighted by atomic mass is 9.85. The van der Waals surface area contributed by atoms with E-state index in [1.54, 1.807) is 0 Å². The number of hydrogen-bond acceptors (Lipinski definition) is 3. The number of rotatable bonds is 5. The molecule has 1 aromatic rings. The van der Waals surface area contributed by atoms with Gasteiger partial charge in [-0.1, -0.05) is 6.42 Å². The monoisotopic (exact) mass is 273 g/mol. The zero-order valence-electron chi connectivity index (χ0n) is 10.8. The Morgan fingerprint density at radius 1 is 1.21 bits per heavy atom. The highest BCUT2D eigenvalue weighted by Crippen LogP contribution is 2.32. The summed E-state index contributed by atoms with van der Waals surface area (Å²) < 4.78 is 38.3. The molecule has 6 heteroatoms. The molecule has 0 saturated heterocycles. The highest BCUT2D eigenvalue weighted by molar-refractivity contribution is 5.49. The first-order chi connectivity index (χ1) is 8.99. The highest BCUT2D eigenvalue weighted by atomic mass is 19.4. The van der Waals surface area contributed by atoms with Crippen LogP contribution in [0.1, 0.15) is 31.7 Å². The van der Waals surface area contributed by atoms with Gasteiger partial charge in [-0.3, -0.25) is 0 Å². The standard InChI is InChI=1S/C13H18F3N3/c1-2-17-11-6-10(13(14,15)16)7-12(19-11)18-8-9-4-3-5-9/h6-7,9H,2-5,8H2,1H3,(H2,17,18,19). The molecule has 0 atom stereocenters. The largest absolute Gasteiger partial charge is 0.416 e. The highest BCUT2D eigenvalue weighted by Gasteiger charge is 2.31.